The number of rotatable bonds is 1. The number of hydrogen-bond donors (Lipinski definition) is 1. The monoisotopic (exact) mass is 333 g/mol. The summed E-state index contributed by atoms with van der Waals surface area (Å²) in [6, 6.07) is 5.66. The van der Waals surface area contributed by atoms with Crippen LogP contribution in [0.5, 0.6) is 0 Å². The maximum atomic E-state index is 11.2. The Balaban J connectivity index is 1.92. The second-order valence-corrected chi connectivity index (χ2v) is 5.76. The highest BCUT2D eigenvalue weighted by Gasteiger charge is 2.19. The molecule has 1 aliphatic heterocycles. The van der Waals surface area contributed by atoms with E-state index in [0.717, 1.165) is 29.0 Å². The minimum atomic E-state index is -0.427. The number of imidazole rings is 1. The number of aromatic nitrogens is 3. The Hall–Kier alpha value is -1.82. The fraction of sp³-hybridized carbons (Fsp3) is 0.286. The molecule has 0 saturated carbocycles. The first-order chi connectivity index (χ1) is 9.72. The van der Waals surface area contributed by atoms with Crippen LogP contribution in [-0.2, 0) is 13.0 Å². The van der Waals surface area contributed by atoms with E-state index in [1.54, 1.807) is 6.07 Å². The zero-order valence-corrected chi connectivity index (χ0v) is 12.2. The molecule has 0 radical (unpaired) electrons. The number of halogens is 1. The Morgan fingerprint density at radius 1 is 1.35 bits per heavy atom. The van der Waals surface area contributed by atoms with Crippen molar-refractivity contribution in [1.82, 2.24) is 14.5 Å². The number of aromatic amines is 1. The molecule has 0 atom stereocenters. The summed E-state index contributed by atoms with van der Waals surface area (Å²) in [4.78, 5) is 18.5. The van der Waals surface area contributed by atoms with Crippen molar-refractivity contribution >= 4 is 27.0 Å². The van der Waals surface area contributed by atoms with Crippen molar-refractivity contribution in [3.63, 3.8) is 0 Å². The lowest BCUT2D eigenvalue weighted by Crippen LogP contribution is -2.11. The SMILES string of the molecule is O=c1[nH]c2cc(-c3nc(Br)c4n3CCCC4)ccc2o1. The quantitative estimate of drug-likeness (QED) is 0.744. The molecule has 0 spiro atoms. The summed E-state index contributed by atoms with van der Waals surface area (Å²) in [5, 5.41) is 0. The van der Waals surface area contributed by atoms with Gasteiger partial charge in [-0.15, -0.1) is 0 Å². The van der Waals surface area contributed by atoms with Gasteiger partial charge in [0.15, 0.2) is 5.58 Å². The molecule has 3 heterocycles. The molecule has 0 unspecified atom stereocenters. The summed E-state index contributed by atoms with van der Waals surface area (Å²) in [5.74, 6) is 0.513. The first-order valence-electron chi connectivity index (χ1n) is 6.60. The summed E-state index contributed by atoms with van der Waals surface area (Å²) in [5.41, 5.74) is 3.52. The van der Waals surface area contributed by atoms with Crippen LogP contribution in [0.2, 0.25) is 0 Å². The van der Waals surface area contributed by atoms with E-state index in [2.05, 4.69) is 30.5 Å². The molecule has 0 saturated heterocycles. The standard InChI is InChI=1S/C14H12BrN3O2/c15-12-10-3-1-2-6-18(10)13(17-12)8-4-5-11-9(7-8)16-14(19)20-11/h4-5,7H,1-3,6H2,(H,16,19). The van der Waals surface area contributed by atoms with Gasteiger partial charge in [-0.25, -0.2) is 9.78 Å². The lowest BCUT2D eigenvalue weighted by Gasteiger charge is -2.16. The summed E-state index contributed by atoms with van der Waals surface area (Å²) >= 11 is 3.55. The summed E-state index contributed by atoms with van der Waals surface area (Å²) in [6.45, 7) is 0.989. The lowest BCUT2D eigenvalue weighted by molar-refractivity contribution is 0.535. The van der Waals surface area contributed by atoms with Gasteiger partial charge in [0.1, 0.15) is 10.4 Å². The number of nitrogens with zero attached hydrogens (tertiary/aromatic N) is 2. The third-order valence-corrected chi connectivity index (χ3v) is 4.38. The van der Waals surface area contributed by atoms with Crippen LogP contribution in [0.25, 0.3) is 22.5 Å². The van der Waals surface area contributed by atoms with Gasteiger partial charge in [-0.2, -0.15) is 0 Å². The normalized spacial score (nSPS) is 14.7. The third kappa shape index (κ3) is 1.75. The van der Waals surface area contributed by atoms with Crippen molar-refractivity contribution in [2.24, 2.45) is 0 Å². The average Bonchev–Trinajstić information content (AvgIpc) is 2.98. The highest BCUT2D eigenvalue weighted by atomic mass is 79.9. The van der Waals surface area contributed by atoms with Gasteiger partial charge in [0, 0.05) is 12.1 Å². The molecule has 6 heteroatoms. The molecule has 1 N–H and O–H groups in total. The van der Waals surface area contributed by atoms with Crippen molar-refractivity contribution in [2.45, 2.75) is 25.8 Å². The first-order valence-corrected chi connectivity index (χ1v) is 7.40. The molecular formula is C14H12BrN3O2. The zero-order valence-electron chi connectivity index (χ0n) is 10.6. The van der Waals surface area contributed by atoms with Crippen molar-refractivity contribution in [3.05, 3.63) is 39.0 Å². The molecule has 20 heavy (non-hydrogen) atoms. The second-order valence-electron chi connectivity index (χ2n) is 5.01. The predicted octanol–water partition coefficient (Wildman–Crippen LogP) is 3.08. The second kappa shape index (κ2) is 4.34. The van der Waals surface area contributed by atoms with Crippen molar-refractivity contribution in [1.29, 1.82) is 0 Å². The number of H-pyrrole nitrogens is 1. The molecule has 0 amide bonds. The topological polar surface area (TPSA) is 63.8 Å². The van der Waals surface area contributed by atoms with Crippen molar-refractivity contribution < 1.29 is 4.42 Å². The molecule has 0 fully saturated rings. The van der Waals surface area contributed by atoms with Crippen LogP contribution in [0.15, 0.2) is 32.0 Å². The van der Waals surface area contributed by atoms with E-state index < -0.39 is 5.76 Å². The fourth-order valence-electron chi connectivity index (χ4n) is 2.81. The van der Waals surface area contributed by atoms with Gasteiger partial charge in [0.05, 0.1) is 11.2 Å². The average molecular weight is 334 g/mol. The summed E-state index contributed by atoms with van der Waals surface area (Å²) in [6.07, 6.45) is 3.43. The minimum Gasteiger partial charge on any atom is -0.408 e. The Labute approximate surface area is 122 Å². The third-order valence-electron chi connectivity index (χ3n) is 3.75. The van der Waals surface area contributed by atoms with Crippen LogP contribution in [0, 0.1) is 0 Å². The maximum absolute atomic E-state index is 11.2. The predicted molar refractivity (Wildman–Crippen MR) is 78.7 cm³/mol. The number of benzene rings is 1. The van der Waals surface area contributed by atoms with Gasteiger partial charge in [-0.05, 0) is 53.4 Å². The van der Waals surface area contributed by atoms with E-state index in [0.29, 0.717) is 11.1 Å². The molecule has 4 rings (SSSR count). The Bertz CT molecular complexity index is 859. The Morgan fingerprint density at radius 2 is 2.25 bits per heavy atom. The van der Waals surface area contributed by atoms with E-state index >= 15 is 0 Å². The minimum absolute atomic E-state index is 0.427. The van der Waals surface area contributed by atoms with Crippen LogP contribution in [0.4, 0.5) is 0 Å². The van der Waals surface area contributed by atoms with Crippen molar-refractivity contribution in [3.8, 4) is 11.4 Å². The van der Waals surface area contributed by atoms with Gasteiger partial charge in [-0.1, -0.05) is 0 Å². The van der Waals surface area contributed by atoms with Gasteiger partial charge < -0.3 is 8.98 Å². The lowest BCUT2D eigenvalue weighted by atomic mass is 10.1. The molecule has 1 aliphatic rings. The van der Waals surface area contributed by atoms with E-state index in [4.69, 9.17) is 4.42 Å². The summed E-state index contributed by atoms with van der Waals surface area (Å²) in [7, 11) is 0. The molecule has 2 aromatic heterocycles. The molecule has 5 nitrogen and oxygen atoms in total. The Morgan fingerprint density at radius 3 is 3.15 bits per heavy atom. The van der Waals surface area contributed by atoms with E-state index in [1.165, 1.54) is 18.5 Å². The van der Waals surface area contributed by atoms with Crippen LogP contribution in [-0.4, -0.2) is 14.5 Å². The van der Waals surface area contributed by atoms with Gasteiger partial charge >= 0.3 is 5.76 Å². The molecule has 0 aliphatic carbocycles. The van der Waals surface area contributed by atoms with Gasteiger partial charge in [0.2, 0.25) is 0 Å². The van der Waals surface area contributed by atoms with E-state index in [9.17, 15) is 4.79 Å². The molecule has 102 valence electrons. The highest BCUT2D eigenvalue weighted by molar-refractivity contribution is 9.10. The van der Waals surface area contributed by atoms with Crippen LogP contribution in [0.1, 0.15) is 18.5 Å². The van der Waals surface area contributed by atoms with Gasteiger partial charge in [-0.3, -0.25) is 4.98 Å². The maximum Gasteiger partial charge on any atom is 0.417 e. The van der Waals surface area contributed by atoms with E-state index in [1.807, 2.05) is 12.1 Å². The number of oxazole rings is 1. The molecule has 1 aromatic carbocycles. The number of fused-ring (bicyclic) bond motifs is 2. The van der Waals surface area contributed by atoms with Crippen molar-refractivity contribution in [2.75, 3.05) is 0 Å². The van der Waals surface area contributed by atoms with Crippen LogP contribution in [0.3, 0.4) is 0 Å². The van der Waals surface area contributed by atoms with Crippen LogP contribution >= 0.6 is 15.9 Å². The fourth-order valence-corrected chi connectivity index (χ4v) is 3.39. The van der Waals surface area contributed by atoms with Gasteiger partial charge in [0.25, 0.3) is 0 Å². The first kappa shape index (κ1) is 12.0. The number of hydrogen-bond acceptors (Lipinski definition) is 3. The smallest absolute Gasteiger partial charge is 0.408 e. The zero-order chi connectivity index (χ0) is 13.7. The largest absolute Gasteiger partial charge is 0.417 e. The highest BCUT2D eigenvalue weighted by Crippen LogP contribution is 2.31. The van der Waals surface area contributed by atoms with Crippen LogP contribution < -0.4 is 5.76 Å². The Kier molecular flexibility index (Phi) is 2.60. The van der Waals surface area contributed by atoms with E-state index in [-0.39, 0.29) is 0 Å². The summed E-state index contributed by atoms with van der Waals surface area (Å²) < 4.78 is 8.21. The molecular weight excluding hydrogens is 322 g/mol. The molecule has 3 aromatic rings. The number of nitrogens with one attached hydrogen (secondary N) is 1. The molecule has 0 bridgehead atoms.